The lowest BCUT2D eigenvalue weighted by Crippen LogP contribution is -2.42. The minimum absolute atomic E-state index is 0.110. The second-order valence-electron chi connectivity index (χ2n) is 11.3. The van der Waals surface area contributed by atoms with Crippen LogP contribution in [-0.2, 0) is 4.79 Å². The molecule has 3 aromatic rings. The van der Waals surface area contributed by atoms with Crippen molar-refractivity contribution in [3.05, 3.63) is 59.9 Å². The van der Waals surface area contributed by atoms with Gasteiger partial charge in [0.15, 0.2) is 0 Å². The van der Waals surface area contributed by atoms with Gasteiger partial charge in [-0.15, -0.1) is 0 Å². The summed E-state index contributed by atoms with van der Waals surface area (Å²) in [6, 6.07) is 19.6. The molecule has 2 saturated carbocycles. The highest BCUT2D eigenvalue weighted by Crippen LogP contribution is 2.46. The van der Waals surface area contributed by atoms with Crippen molar-refractivity contribution in [3.63, 3.8) is 0 Å². The van der Waals surface area contributed by atoms with Gasteiger partial charge in [-0.1, -0.05) is 37.1 Å². The topological polar surface area (TPSA) is 146 Å². The van der Waals surface area contributed by atoms with E-state index < -0.39 is 16.1 Å². The van der Waals surface area contributed by atoms with E-state index in [1.165, 1.54) is 0 Å². The summed E-state index contributed by atoms with van der Waals surface area (Å²) < 4.78 is 26.5. The van der Waals surface area contributed by atoms with Crippen molar-refractivity contribution in [1.29, 1.82) is 10.5 Å². The number of hydrogen-bond acceptors (Lipinski definition) is 8. The second-order valence-corrected chi connectivity index (χ2v) is 13.7. The van der Waals surface area contributed by atoms with Gasteiger partial charge >= 0.3 is 0 Å². The number of oxazole rings is 1. The monoisotopic (exact) mass is 571 g/mol. The molecule has 3 aliphatic rings. The van der Waals surface area contributed by atoms with Gasteiger partial charge in [-0.2, -0.15) is 21.1 Å². The van der Waals surface area contributed by atoms with Crippen molar-refractivity contribution in [2.24, 2.45) is 5.92 Å². The van der Waals surface area contributed by atoms with Crippen LogP contribution < -0.4 is 10.2 Å². The summed E-state index contributed by atoms with van der Waals surface area (Å²) in [6.07, 6.45) is 4.70. The van der Waals surface area contributed by atoms with Crippen molar-refractivity contribution in [3.8, 4) is 34.8 Å². The second kappa shape index (κ2) is 10.9. The number of nitrogens with zero attached hydrogens (tertiary/aromatic N) is 4. The van der Waals surface area contributed by atoms with Crippen molar-refractivity contribution in [2.45, 2.75) is 50.0 Å². The van der Waals surface area contributed by atoms with E-state index in [1.54, 1.807) is 12.1 Å². The highest BCUT2D eigenvalue weighted by Gasteiger charge is 2.47. The average Bonchev–Trinajstić information content (AvgIpc) is 3.63. The molecule has 0 radical (unpaired) electrons. The van der Waals surface area contributed by atoms with Crippen molar-refractivity contribution >= 4 is 22.2 Å². The van der Waals surface area contributed by atoms with Gasteiger partial charge in [-0.25, -0.2) is 4.98 Å². The first-order valence-corrected chi connectivity index (χ1v) is 16.0. The molecule has 6 rings (SSSR count). The van der Waals surface area contributed by atoms with Gasteiger partial charge in [0.2, 0.25) is 11.8 Å². The number of carbonyl (C=O) groups excluding carboxylic acids is 1. The molecule has 1 amide bonds. The maximum Gasteiger partial charge on any atom is 0.228 e. The van der Waals surface area contributed by atoms with E-state index in [2.05, 4.69) is 22.4 Å². The third-order valence-electron chi connectivity index (χ3n) is 8.58. The van der Waals surface area contributed by atoms with E-state index in [0.29, 0.717) is 72.3 Å². The molecule has 1 saturated heterocycles. The number of carbonyl (C=O) groups is 1. The van der Waals surface area contributed by atoms with E-state index in [4.69, 9.17) is 9.40 Å². The lowest BCUT2D eigenvalue weighted by Gasteiger charge is -2.41. The number of amides is 1. The molecule has 2 atom stereocenters. The number of anilines is 1. The predicted molar refractivity (Wildman–Crippen MR) is 157 cm³/mol. The van der Waals surface area contributed by atoms with Gasteiger partial charge < -0.3 is 14.6 Å². The van der Waals surface area contributed by atoms with Crippen molar-refractivity contribution < 1.29 is 18.3 Å². The third kappa shape index (κ3) is 5.56. The summed E-state index contributed by atoms with van der Waals surface area (Å²) in [5.41, 5.74) is 2.81. The van der Waals surface area contributed by atoms with E-state index in [-0.39, 0.29) is 17.7 Å². The molecule has 2 aromatic carbocycles. The standard InChI is InChI=1S/C31H33N5O4S/c32-19-22-5-1-2-6-24(22)30-34-27(21-9-11-23(12-10-21)36-15-17-41(38,39)18-16-36)28(40-30)25-7-3-4-8-26(25)29(37)35-31(20-33)13-14-31/h1-2,5-6,9-12,25-26,38-39H,3-4,7-8,13-18H2,(H,35,37)/t25-,26-/m1/s1. The maximum atomic E-state index is 13.5. The number of benzene rings is 2. The zero-order valence-corrected chi connectivity index (χ0v) is 23.6. The highest BCUT2D eigenvalue weighted by molar-refractivity contribution is 8.24. The molecule has 41 heavy (non-hydrogen) atoms. The summed E-state index contributed by atoms with van der Waals surface area (Å²) in [6.45, 7) is 1.16. The Morgan fingerprint density at radius 2 is 1.76 bits per heavy atom. The van der Waals surface area contributed by atoms with Gasteiger partial charge in [-0.3, -0.25) is 13.9 Å². The molecule has 1 aromatic heterocycles. The zero-order chi connectivity index (χ0) is 28.6. The Kier molecular flexibility index (Phi) is 7.25. The summed E-state index contributed by atoms with van der Waals surface area (Å²) >= 11 is 0. The van der Waals surface area contributed by atoms with Crippen LogP contribution in [0.4, 0.5) is 5.69 Å². The molecule has 10 heteroatoms. The Labute approximate surface area is 241 Å². The minimum Gasteiger partial charge on any atom is -0.440 e. The number of hydrogen-bond donors (Lipinski definition) is 3. The summed E-state index contributed by atoms with van der Waals surface area (Å²) in [5.74, 6) is 1.04. The minimum atomic E-state index is -2.48. The van der Waals surface area contributed by atoms with Crippen LogP contribution in [0.1, 0.15) is 55.8 Å². The molecular weight excluding hydrogens is 538 g/mol. The molecular formula is C31H33N5O4S. The Hall–Kier alpha value is -3.83. The summed E-state index contributed by atoms with van der Waals surface area (Å²) in [7, 11) is -2.48. The maximum absolute atomic E-state index is 13.5. The molecule has 2 aliphatic carbocycles. The van der Waals surface area contributed by atoms with E-state index in [1.807, 2.05) is 36.4 Å². The zero-order valence-electron chi connectivity index (χ0n) is 22.8. The summed E-state index contributed by atoms with van der Waals surface area (Å²) in [5, 5.41) is 22.3. The lowest BCUT2D eigenvalue weighted by molar-refractivity contribution is -0.127. The molecule has 1 aliphatic heterocycles. The van der Waals surface area contributed by atoms with Gasteiger partial charge in [-0.05, 0) is 49.9 Å². The van der Waals surface area contributed by atoms with Crippen LogP contribution in [0.15, 0.2) is 52.9 Å². The summed E-state index contributed by atoms with van der Waals surface area (Å²) in [4.78, 5) is 20.5. The van der Waals surface area contributed by atoms with Crippen molar-refractivity contribution in [2.75, 3.05) is 29.5 Å². The van der Waals surface area contributed by atoms with Crippen LogP contribution in [0.5, 0.6) is 0 Å². The molecule has 2 heterocycles. The molecule has 9 nitrogen and oxygen atoms in total. The van der Waals surface area contributed by atoms with Gasteiger partial charge in [0.1, 0.15) is 17.0 Å². The van der Waals surface area contributed by atoms with E-state index in [9.17, 15) is 24.4 Å². The van der Waals surface area contributed by atoms with Crippen LogP contribution in [0.2, 0.25) is 0 Å². The fourth-order valence-electron chi connectivity index (χ4n) is 5.96. The van der Waals surface area contributed by atoms with Crippen LogP contribution in [0.25, 0.3) is 22.7 Å². The first-order chi connectivity index (χ1) is 19.8. The number of aromatic nitrogens is 1. The largest absolute Gasteiger partial charge is 0.440 e. The SMILES string of the molecule is N#Cc1ccccc1-c1nc(-c2ccc(N3CCS(O)(O)CC3)cc2)c([C@@H]2CCCC[C@H]2C(=O)NC2(C#N)CC2)o1. The third-order valence-corrected chi connectivity index (χ3v) is 10.3. The van der Waals surface area contributed by atoms with Crippen LogP contribution in [0.3, 0.4) is 0 Å². The Bertz CT molecular complexity index is 1520. The van der Waals surface area contributed by atoms with E-state index >= 15 is 0 Å². The molecule has 0 bridgehead atoms. The van der Waals surface area contributed by atoms with Gasteiger partial charge in [0.05, 0.1) is 34.8 Å². The number of nitrogens with one attached hydrogen (secondary N) is 1. The van der Waals surface area contributed by atoms with Crippen LogP contribution >= 0.6 is 10.6 Å². The first kappa shape index (κ1) is 27.3. The highest BCUT2D eigenvalue weighted by atomic mass is 32.3. The smallest absolute Gasteiger partial charge is 0.228 e. The first-order valence-electron chi connectivity index (χ1n) is 14.1. The van der Waals surface area contributed by atoms with Gasteiger partial charge in [0.25, 0.3) is 0 Å². The molecule has 0 spiro atoms. The average molecular weight is 572 g/mol. The fourth-order valence-corrected chi connectivity index (χ4v) is 7.19. The van der Waals surface area contributed by atoms with Crippen molar-refractivity contribution in [1.82, 2.24) is 10.3 Å². The number of rotatable bonds is 6. The van der Waals surface area contributed by atoms with Gasteiger partial charge in [0, 0.05) is 36.2 Å². The van der Waals surface area contributed by atoms with Crippen LogP contribution in [-0.4, -0.2) is 50.1 Å². The Morgan fingerprint density at radius 3 is 2.44 bits per heavy atom. The molecule has 3 N–H and O–H groups in total. The molecule has 212 valence electrons. The quantitative estimate of drug-likeness (QED) is 0.332. The Balaban J connectivity index is 1.37. The fraction of sp³-hybridized carbons (Fsp3) is 0.419. The molecule has 3 fully saturated rings. The predicted octanol–water partition coefficient (Wildman–Crippen LogP) is 5.90. The van der Waals surface area contributed by atoms with Crippen LogP contribution in [0, 0.1) is 28.6 Å². The number of nitriles is 2. The van der Waals surface area contributed by atoms with E-state index in [0.717, 1.165) is 30.5 Å². The lowest BCUT2D eigenvalue weighted by atomic mass is 9.76. The molecule has 0 unspecified atom stereocenters. The Morgan fingerprint density at radius 1 is 1.05 bits per heavy atom. The normalized spacial score (nSPS) is 23.6.